The third-order valence-electron chi connectivity index (χ3n) is 2.80. The molecule has 108 valence electrons. The minimum Gasteiger partial charge on any atom is -0.398 e. The maximum absolute atomic E-state index is 12.0. The highest BCUT2D eigenvalue weighted by atomic mass is 32.2. The van der Waals surface area contributed by atoms with E-state index in [9.17, 15) is 16.8 Å². The van der Waals surface area contributed by atoms with Gasteiger partial charge in [-0.2, -0.15) is 0 Å². The van der Waals surface area contributed by atoms with E-state index in [4.69, 9.17) is 5.73 Å². The van der Waals surface area contributed by atoms with Crippen molar-refractivity contribution < 1.29 is 16.8 Å². The number of nitrogen functional groups attached to an aromatic ring is 1. The lowest BCUT2D eigenvalue weighted by Crippen LogP contribution is -2.43. The van der Waals surface area contributed by atoms with E-state index < -0.39 is 24.6 Å². The summed E-state index contributed by atoms with van der Waals surface area (Å²) in [6.07, 6.45) is 3.54. The average Bonchev–Trinajstić information content (AvgIpc) is 2.25. The van der Waals surface area contributed by atoms with Crippen molar-refractivity contribution in [3.63, 3.8) is 0 Å². The van der Waals surface area contributed by atoms with Crippen molar-refractivity contribution in [2.45, 2.75) is 23.5 Å². The predicted molar refractivity (Wildman–Crippen MR) is 72.8 cm³/mol. The van der Waals surface area contributed by atoms with Gasteiger partial charge in [0.25, 0.3) is 0 Å². The molecule has 1 heterocycles. The molecule has 0 spiro atoms. The highest BCUT2D eigenvalue weighted by Crippen LogP contribution is 2.18. The highest BCUT2D eigenvalue weighted by molar-refractivity contribution is 7.92. The molecule has 1 rings (SSSR count). The zero-order valence-electron chi connectivity index (χ0n) is 10.9. The summed E-state index contributed by atoms with van der Waals surface area (Å²) < 4.78 is 48.0. The molecule has 1 aromatic heterocycles. The Hall–Kier alpha value is -1.19. The van der Waals surface area contributed by atoms with Gasteiger partial charge in [-0.1, -0.05) is 0 Å². The van der Waals surface area contributed by atoms with Crippen LogP contribution in [0.15, 0.2) is 23.4 Å². The van der Waals surface area contributed by atoms with E-state index in [-0.39, 0.29) is 17.1 Å². The average molecular weight is 307 g/mol. The SMILES string of the molecule is CC(C)(CNS(=O)(=O)c1cnccc1N)S(C)(=O)=O. The Balaban J connectivity index is 2.99. The third-order valence-corrected chi connectivity index (χ3v) is 6.39. The number of pyridine rings is 1. The van der Waals surface area contributed by atoms with Crippen molar-refractivity contribution in [2.75, 3.05) is 18.5 Å². The lowest BCUT2D eigenvalue weighted by molar-refractivity contribution is 0.537. The van der Waals surface area contributed by atoms with Gasteiger partial charge < -0.3 is 5.73 Å². The molecule has 0 aliphatic rings. The number of sulfone groups is 1. The van der Waals surface area contributed by atoms with Crippen LogP contribution in [0.1, 0.15) is 13.8 Å². The van der Waals surface area contributed by atoms with Gasteiger partial charge in [-0.25, -0.2) is 21.6 Å². The Kier molecular flexibility index (Phi) is 4.23. The summed E-state index contributed by atoms with van der Waals surface area (Å²) >= 11 is 0. The molecular weight excluding hydrogens is 290 g/mol. The van der Waals surface area contributed by atoms with Crippen molar-refractivity contribution in [1.29, 1.82) is 0 Å². The second-order valence-electron chi connectivity index (χ2n) is 4.77. The summed E-state index contributed by atoms with van der Waals surface area (Å²) in [5.41, 5.74) is 5.61. The van der Waals surface area contributed by atoms with Crippen LogP contribution in [0.4, 0.5) is 5.69 Å². The number of aromatic nitrogens is 1. The zero-order valence-corrected chi connectivity index (χ0v) is 12.5. The molecule has 0 radical (unpaired) electrons. The number of hydrogen-bond donors (Lipinski definition) is 2. The van der Waals surface area contributed by atoms with Crippen molar-refractivity contribution >= 4 is 25.5 Å². The fourth-order valence-electron chi connectivity index (χ4n) is 1.09. The van der Waals surface area contributed by atoms with Gasteiger partial charge >= 0.3 is 0 Å². The monoisotopic (exact) mass is 307 g/mol. The standard InChI is InChI=1S/C10H17N3O4S2/c1-10(2,18(3,14)15)7-13-19(16,17)9-6-12-5-4-8(9)11/h4-6,13H,7H2,1-3H3,(H2,11,12). The second kappa shape index (κ2) is 5.06. The van der Waals surface area contributed by atoms with Crippen molar-refractivity contribution in [1.82, 2.24) is 9.71 Å². The first-order valence-electron chi connectivity index (χ1n) is 5.36. The summed E-state index contributed by atoms with van der Waals surface area (Å²) in [7, 11) is -7.28. The highest BCUT2D eigenvalue weighted by Gasteiger charge is 2.32. The first-order valence-corrected chi connectivity index (χ1v) is 8.73. The van der Waals surface area contributed by atoms with Crippen LogP contribution in [0.2, 0.25) is 0 Å². The Labute approximate surface area is 113 Å². The molecule has 0 bridgehead atoms. The molecule has 0 aromatic carbocycles. The number of nitrogens with zero attached hydrogens (tertiary/aromatic N) is 1. The second-order valence-corrected chi connectivity index (χ2v) is 9.15. The molecule has 7 nitrogen and oxygen atoms in total. The van der Waals surface area contributed by atoms with E-state index in [2.05, 4.69) is 9.71 Å². The van der Waals surface area contributed by atoms with E-state index >= 15 is 0 Å². The first-order chi connectivity index (χ1) is 8.47. The van der Waals surface area contributed by atoms with E-state index in [1.807, 2.05) is 0 Å². The number of nitrogens with one attached hydrogen (secondary N) is 1. The Morgan fingerprint density at radius 3 is 2.37 bits per heavy atom. The summed E-state index contributed by atoms with van der Waals surface area (Å²) in [5, 5.41) is 0. The summed E-state index contributed by atoms with van der Waals surface area (Å²) in [4.78, 5) is 3.52. The normalized spacial score (nSPS) is 13.4. The number of sulfonamides is 1. The van der Waals surface area contributed by atoms with E-state index in [1.54, 1.807) is 0 Å². The maximum Gasteiger partial charge on any atom is 0.244 e. The number of hydrogen-bond acceptors (Lipinski definition) is 6. The van der Waals surface area contributed by atoms with E-state index in [1.165, 1.54) is 26.1 Å². The van der Waals surface area contributed by atoms with Crippen LogP contribution in [0.25, 0.3) is 0 Å². The Bertz CT molecular complexity index is 666. The van der Waals surface area contributed by atoms with Gasteiger partial charge in [-0.05, 0) is 19.9 Å². The van der Waals surface area contributed by atoms with Crippen LogP contribution < -0.4 is 10.5 Å². The first kappa shape index (κ1) is 15.9. The van der Waals surface area contributed by atoms with Gasteiger partial charge in [-0.3, -0.25) is 4.98 Å². The van der Waals surface area contributed by atoms with Crippen LogP contribution in [-0.4, -0.2) is 39.4 Å². The number of anilines is 1. The minimum atomic E-state index is -3.89. The fourth-order valence-corrected chi connectivity index (χ4v) is 2.80. The lowest BCUT2D eigenvalue weighted by Gasteiger charge is -2.22. The summed E-state index contributed by atoms with van der Waals surface area (Å²) in [5.74, 6) is 0. The number of nitrogens with two attached hydrogens (primary N) is 1. The smallest absolute Gasteiger partial charge is 0.244 e. The molecule has 0 saturated carbocycles. The summed E-state index contributed by atoms with van der Waals surface area (Å²) in [6, 6.07) is 1.36. The molecule has 0 atom stereocenters. The summed E-state index contributed by atoms with van der Waals surface area (Å²) in [6.45, 7) is 2.64. The maximum atomic E-state index is 12.0. The van der Waals surface area contributed by atoms with Gasteiger partial charge in [0.05, 0.1) is 10.4 Å². The van der Waals surface area contributed by atoms with Gasteiger partial charge in [-0.15, -0.1) is 0 Å². The van der Waals surface area contributed by atoms with Crippen LogP contribution in [0, 0.1) is 0 Å². The van der Waals surface area contributed by atoms with Crippen molar-refractivity contribution in [2.24, 2.45) is 0 Å². The molecule has 9 heteroatoms. The van der Waals surface area contributed by atoms with Gasteiger partial charge in [0, 0.05) is 25.2 Å². The Morgan fingerprint density at radius 2 is 1.89 bits per heavy atom. The zero-order chi connectivity index (χ0) is 14.9. The molecule has 0 unspecified atom stereocenters. The molecule has 1 aromatic rings. The molecule has 0 aliphatic carbocycles. The topological polar surface area (TPSA) is 119 Å². The molecule has 3 N–H and O–H groups in total. The predicted octanol–water partition coefficient (Wildman–Crippen LogP) is -0.235. The fraction of sp³-hybridized carbons (Fsp3) is 0.500. The van der Waals surface area contributed by atoms with E-state index in [0.717, 1.165) is 12.5 Å². The van der Waals surface area contributed by atoms with E-state index in [0.29, 0.717) is 0 Å². The minimum absolute atomic E-state index is 0.0552. The van der Waals surface area contributed by atoms with Gasteiger partial charge in [0.2, 0.25) is 10.0 Å². The molecule has 19 heavy (non-hydrogen) atoms. The lowest BCUT2D eigenvalue weighted by atomic mass is 10.2. The number of rotatable bonds is 5. The molecule has 0 aliphatic heterocycles. The van der Waals surface area contributed by atoms with Gasteiger partial charge in [0.1, 0.15) is 4.90 Å². The molecule has 0 saturated heterocycles. The van der Waals surface area contributed by atoms with Gasteiger partial charge in [0.15, 0.2) is 9.84 Å². The van der Waals surface area contributed by atoms with Crippen LogP contribution >= 0.6 is 0 Å². The van der Waals surface area contributed by atoms with Crippen molar-refractivity contribution in [3.05, 3.63) is 18.5 Å². The molecule has 0 fully saturated rings. The quantitative estimate of drug-likeness (QED) is 0.775. The van der Waals surface area contributed by atoms with Crippen LogP contribution in [-0.2, 0) is 19.9 Å². The third kappa shape index (κ3) is 3.64. The largest absolute Gasteiger partial charge is 0.398 e. The van der Waals surface area contributed by atoms with Crippen LogP contribution in [0.3, 0.4) is 0 Å². The molecular formula is C10H17N3O4S2. The Morgan fingerprint density at radius 1 is 1.32 bits per heavy atom. The van der Waals surface area contributed by atoms with Crippen molar-refractivity contribution in [3.8, 4) is 0 Å². The van der Waals surface area contributed by atoms with Crippen LogP contribution in [0.5, 0.6) is 0 Å². The molecule has 0 amide bonds.